The third-order valence-corrected chi connectivity index (χ3v) is 5.07. The van der Waals surface area contributed by atoms with Gasteiger partial charge in [0.25, 0.3) is 0 Å². The molecule has 1 rings (SSSR count). The monoisotopic (exact) mass is 322 g/mol. The van der Waals surface area contributed by atoms with Crippen LogP contribution in [-0.4, -0.2) is 46.3 Å². The van der Waals surface area contributed by atoms with Gasteiger partial charge in [0.2, 0.25) is 10.0 Å². The van der Waals surface area contributed by atoms with Crippen molar-refractivity contribution in [1.29, 1.82) is 0 Å². The summed E-state index contributed by atoms with van der Waals surface area (Å²) in [6.07, 6.45) is 3.25. The Bertz CT molecular complexity index is 621. The van der Waals surface area contributed by atoms with Crippen molar-refractivity contribution in [2.75, 3.05) is 12.0 Å². The van der Waals surface area contributed by atoms with Crippen LogP contribution in [0.15, 0.2) is 17.2 Å². The van der Waals surface area contributed by atoms with Gasteiger partial charge in [-0.15, -0.1) is 0 Å². The summed E-state index contributed by atoms with van der Waals surface area (Å²) in [6, 6.07) is 0.729. The van der Waals surface area contributed by atoms with Crippen molar-refractivity contribution < 1.29 is 22.5 Å². The average molecular weight is 322 g/mol. The zero-order chi connectivity index (χ0) is 15.5. The highest BCUT2D eigenvalue weighted by molar-refractivity contribution is 7.89. The number of aromatic carboxylic acids is 1. The lowest BCUT2D eigenvalue weighted by molar-refractivity contribution is 0.0686. The number of aromatic nitrogens is 1. The number of carboxylic acid groups (broad SMARTS) is 1. The number of aryl methyl sites for hydroxylation is 1. The zero-order valence-electron chi connectivity index (χ0n) is 11.5. The minimum absolute atomic E-state index is 0.0955. The molecule has 0 radical (unpaired) electrons. The number of hydrogen-bond donors (Lipinski definition) is 2. The van der Waals surface area contributed by atoms with Crippen LogP contribution in [-0.2, 0) is 27.9 Å². The summed E-state index contributed by atoms with van der Waals surface area (Å²) in [5.74, 6) is -0.790. The number of hydrogen-bond acceptors (Lipinski definition) is 4. The van der Waals surface area contributed by atoms with Crippen LogP contribution in [0.2, 0.25) is 0 Å². The minimum atomic E-state index is -3.78. The number of sulfonamides is 1. The van der Waals surface area contributed by atoms with Gasteiger partial charge < -0.3 is 9.67 Å². The fraction of sp³-hybridized carbons (Fsp3) is 0.545. The van der Waals surface area contributed by atoms with Gasteiger partial charge in [-0.25, -0.2) is 17.9 Å². The van der Waals surface area contributed by atoms with Crippen molar-refractivity contribution in [2.24, 2.45) is 7.05 Å². The first-order chi connectivity index (χ1) is 9.13. The second-order valence-electron chi connectivity index (χ2n) is 4.57. The van der Waals surface area contributed by atoms with Gasteiger partial charge >= 0.3 is 5.97 Å². The zero-order valence-corrected chi connectivity index (χ0v) is 13.1. The van der Waals surface area contributed by atoms with Crippen LogP contribution in [0.5, 0.6) is 0 Å². The summed E-state index contributed by atoms with van der Waals surface area (Å²) in [4.78, 5) is 10.8. The third kappa shape index (κ3) is 4.43. The molecule has 0 aromatic carbocycles. The average Bonchev–Trinajstić information content (AvgIpc) is 2.69. The molecular formula is C11H18N2O5S2. The van der Waals surface area contributed by atoms with E-state index in [1.165, 1.54) is 17.8 Å². The molecule has 0 bridgehead atoms. The van der Waals surface area contributed by atoms with Crippen LogP contribution in [0.3, 0.4) is 0 Å². The Labute approximate surface area is 120 Å². The molecule has 1 heterocycles. The van der Waals surface area contributed by atoms with E-state index >= 15 is 0 Å². The predicted molar refractivity (Wildman–Crippen MR) is 75.7 cm³/mol. The SMILES string of the molecule is CC(CCS(C)=O)NS(=O)(=O)c1cc(C(=O)O)n(C)c1. The van der Waals surface area contributed by atoms with Gasteiger partial charge in [0.05, 0.1) is 0 Å². The maximum Gasteiger partial charge on any atom is 0.352 e. The lowest BCUT2D eigenvalue weighted by Crippen LogP contribution is -2.33. The molecule has 7 nitrogen and oxygen atoms in total. The first kappa shape index (κ1) is 16.9. The Morgan fingerprint density at radius 1 is 1.55 bits per heavy atom. The predicted octanol–water partition coefficient (Wildman–Crippen LogP) is 0.159. The van der Waals surface area contributed by atoms with Crippen molar-refractivity contribution in [3.05, 3.63) is 18.0 Å². The van der Waals surface area contributed by atoms with E-state index in [4.69, 9.17) is 5.11 Å². The number of nitrogens with one attached hydrogen (secondary N) is 1. The van der Waals surface area contributed by atoms with Crippen molar-refractivity contribution >= 4 is 26.8 Å². The molecule has 20 heavy (non-hydrogen) atoms. The molecule has 0 aliphatic carbocycles. The first-order valence-corrected chi connectivity index (χ1v) is 9.06. The van der Waals surface area contributed by atoms with Crippen LogP contribution in [0.1, 0.15) is 23.8 Å². The van der Waals surface area contributed by atoms with Gasteiger partial charge in [-0.3, -0.25) is 4.21 Å². The molecule has 2 atom stereocenters. The molecular weight excluding hydrogens is 304 g/mol. The van der Waals surface area contributed by atoms with Gasteiger partial charge in [-0.1, -0.05) is 0 Å². The Morgan fingerprint density at radius 2 is 2.15 bits per heavy atom. The van der Waals surface area contributed by atoms with Gasteiger partial charge in [0, 0.05) is 42.1 Å². The minimum Gasteiger partial charge on any atom is -0.477 e. The Hall–Kier alpha value is -1.19. The van der Waals surface area contributed by atoms with Crippen LogP contribution in [0, 0.1) is 0 Å². The Kier molecular flexibility index (Phi) is 5.49. The highest BCUT2D eigenvalue weighted by atomic mass is 32.2. The van der Waals surface area contributed by atoms with Crippen LogP contribution < -0.4 is 4.72 Å². The molecule has 9 heteroatoms. The van der Waals surface area contributed by atoms with Gasteiger partial charge in [0.1, 0.15) is 10.6 Å². The molecule has 0 saturated carbocycles. The number of carbonyl (C=O) groups is 1. The van der Waals surface area contributed by atoms with E-state index in [9.17, 15) is 17.4 Å². The second kappa shape index (κ2) is 6.51. The fourth-order valence-corrected chi connectivity index (χ4v) is 3.66. The van der Waals surface area contributed by atoms with E-state index in [1.54, 1.807) is 13.2 Å². The van der Waals surface area contributed by atoms with Crippen LogP contribution in [0.4, 0.5) is 0 Å². The lowest BCUT2D eigenvalue weighted by atomic mass is 10.3. The van der Waals surface area contributed by atoms with E-state index in [0.29, 0.717) is 12.2 Å². The Morgan fingerprint density at radius 3 is 2.60 bits per heavy atom. The summed E-state index contributed by atoms with van der Waals surface area (Å²) in [5, 5.41) is 8.90. The number of rotatable bonds is 7. The summed E-state index contributed by atoms with van der Waals surface area (Å²) < 4.78 is 38.8. The summed E-state index contributed by atoms with van der Waals surface area (Å²) in [7, 11) is -3.29. The number of carboxylic acids is 1. The first-order valence-electron chi connectivity index (χ1n) is 5.85. The van der Waals surface area contributed by atoms with Crippen molar-refractivity contribution in [2.45, 2.75) is 24.3 Å². The maximum atomic E-state index is 12.1. The quantitative estimate of drug-likeness (QED) is 0.744. The lowest BCUT2D eigenvalue weighted by Gasteiger charge is -2.12. The molecule has 114 valence electrons. The molecule has 1 aromatic rings. The van der Waals surface area contributed by atoms with Crippen molar-refractivity contribution in [3.8, 4) is 0 Å². The molecule has 2 N–H and O–H groups in total. The fourth-order valence-electron chi connectivity index (χ4n) is 1.63. The summed E-state index contributed by atoms with van der Waals surface area (Å²) >= 11 is 0. The van der Waals surface area contributed by atoms with Gasteiger partial charge in [-0.2, -0.15) is 0 Å². The van der Waals surface area contributed by atoms with Crippen LogP contribution in [0.25, 0.3) is 0 Å². The van der Waals surface area contributed by atoms with E-state index < -0.39 is 26.8 Å². The van der Waals surface area contributed by atoms with Crippen molar-refractivity contribution in [3.63, 3.8) is 0 Å². The third-order valence-electron chi connectivity index (χ3n) is 2.70. The molecule has 0 fully saturated rings. The molecule has 0 aliphatic rings. The molecule has 2 unspecified atom stereocenters. The normalized spacial score (nSPS) is 14.9. The molecule has 0 amide bonds. The largest absolute Gasteiger partial charge is 0.477 e. The highest BCUT2D eigenvalue weighted by Crippen LogP contribution is 2.14. The van der Waals surface area contributed by atoms with Crippen molar-refractivity contribution in [1.82, 2.24) is 9.29 Å². The topological polar surface area (TPSA) is 105 Å². The van der Waals surface area contributed by atoms with Gasteiger partial charge in [0.15, 0.2) is 0 Å². The maximum absolute atomic E-state index is 12.1. The smallest absolute Gasteiger partial charge is 0.352 e. The van der Waals surface area contributed by atoms with Gasteiger partial charge in [-0.05, 0) is 19.4 Å². The van der Waals surface area contributed by atoms with Crippen LogP contribution >= 0.6 is 0 Å². The number of nitrogens with zero attached hydrogens (tertiary/aromatic N) is 1. The van der Waals surface area contributed by atoms with E-state index in [-0.39, 0.29) is 16.6 Å². The van der Waals surface area contributed by atoms with E-state index in [0.717, 1.165) is 6.07 Å². The van der Waals surface area contributed by atoms with E-state index in [1.807, 2.05) is 0 Å². The standard InChI is InChI=1S/C11H18N2O5S2/c1-8(4-5-19(3)16)12-20(17,18)9-6-10(11(14)15)13(2)7-9/h6-8,12H,4-5H2,1-3H3,(H,14,15). The molecule has 1 aromatic heterocycles. The molecule has 0 aliphatic heterocycles. The Balaban J connectivity index is 2.86. The summed E-state index contributed by atoms with van der Waals surface area (Å²) in [6.45, 7) is 1.67. The second-order valence-corrected chi connectivity index (χ2v) is 7.83. The summed E-state index contributed by atoms with van der Waals surface area (Å²) in [5.41, 5.74) is -0.104. The molecule has 0 saturated heterocycles. The van der Waals surface area contributed by atoms with E-state index in [2.05, 4.69) is 4.72 Å². The highest BCUT2D eigenvalue weighted by Gasteiger charge is 2.22. The molecule has 0 spiro atoms.